The van der Waals surface area contributed by atoms with Gasteiger partial charge in [-0.2, -0.15) is 5.10 Å². The number of nitrogens with one attached hydrogen (secondary N) is 1. The van der Waals surface area contributed by atoms with Gasteiger partial charge < -0.3 is 15.4 Å². The van der Waals surface area contributed by atoms with Crippen LogP contribution in [0, 0.1) is 0 Å². The highest BCUT2D eigenvalue weighted by Crippen LogP contribution is 2.27. The minimum Gasteiger partial charge on any atom is -0.478 e. The fourth-order valence-electron chi connectivity index (χ4n) is 3.04. The summed E-state index contributed by atoms with van der Waals surface area (Å²) >= 11 is 0. The minimum atomic E-state index is -0.563. The standard InChI is InChI=1S/C17H21N5O3/c1-2-25-15-8-11(5-6-19-15)17(24)22-7-3-4-12(10-22)13-9-14(16(18)23)21-20-13/h5-6,8-9,12H,2-4,7,10H2,1H3,(H2,18,23)(H,20,21). The summed E-state index contributed by atoms with van der Waals surface area (Å²) < 4.78 is 5.36. The van der Waals surface area contributed by atoms with Gasteiger partial charge in [0.1, 0.15) is 5.69 Å². The van der Waals surface area contributed by atoms with Crippen molar-refractivity contribution in [3.05, 3.63) is 41.3 Å². The lowest BCUT2D eigenvalue weighted by Gasteiger charge is -2.32. The predicted molar refractivity (Wildman–Crippen MR) is 90.4 cm³/mol. The minimum absolute atomic E-state index is 0.0531. The molecule has 0 radical (unpaired) electrons. The molecular formula is C17H21N5O3. The molecule has 0 saturated carbocycles. The van der Waals surface area contributed by atoms with Crippen molar-refractivity contribution in [3.63, 3.8) is 0 Å². The van der Waals surface area contributed by atoms with Crippen LogP contribution < -0.4 is 10.5 Å². The summed E-state index contributed by atoms with van der Waals surface area (Å²) in [5.41, 5.74) is 6.85. The maximum absolute atomic E-state index is 12.8. The number of H-pyrrole nitrogens is 1. The third-order valence-corrected chi connectivity index (χ3v) is 4.27. The maximum Gasteiger partial charge on any atom is 0.269 e. The third-order valence-electron chi connectivity index (χ3n) is 4.27. The van der Waals surface area contributed by atoms with Crippen molar-refractivity contribution >= 4 is 11.8 Å². The molecule has 3 N–H and O–H groups in total. The summed E-state index contributed by atoms with van der Waals surface area (Å²) in [6, 6.07) is 5.02. The first-order valence-corrected chi connectivity index (χ1v) is 8.31. The van der Waals surface area contributed by atoms with E-state index in [1.165, 1.54) is 0 Å². The first-order valence-electron chi connectivity index (χ1n) is 8.31. The number of rotatable bonds is 5. The van der Waals surface area contributed by atoms with Crippen molar-refractivity contribution < 1.29 is 14.3 Å². The van der Waals surface area contributed by atoms with Crippen LogP contribution in [0.25, 0.3) is 0 Å². The fraction of sp³-hybridized carbons (Fsp3) is 0.412. The summed E-state index contributed by atoms with van der Waals surface area (Å²) in [4.78, 5) is 29.9. The molecule has 1 aliphatic heterocycles. The van der Waals surface area contributed by atoms with Gasteiger partial charge in [0.25, 0.3) is 11.8 Å². The Kier molecular flexibility index (Phi) is 4.97. The molecule has 2 aromatic rings. The topological polar surface area (TPSA) is 114 Å². The Labute approximate surface area is 145 Å². The van der Waals surface area contributed by atoms with E-state index >= 15 is 0 Å². The number of ether oxygens (including phenoxy) is 1. The van der Waals surface area contributed by atoms with E-state index in [1.807, 2.05) is 11.8 Å². The molecule has 0 aliphatic carbocycles. The Hall–Kier alpha value is -2.90. The number of carbonyl (C=O) groups is 2. The van der Waals surface area contributed by atoms with Crippen LogP contribution in [0.1, 0.15) is 52.2 Å². The number of hydrogen-bond donors (Lipinski definition) is 2. The zero-order valence-electron chi connectivity index (χ0n) is 14.1. The van der Waals surface area contributed by atoms with Crippen LogP contribution in [-0.4, -0.2) is 51.6 Å². The molecule has 1 aliphatic rings. The number of amides is 2. The summed E-state index contributed by atoms with van der Waals surface area (Å²) in [6.45, 7) is 3.62. The number of carbonyl (C=O) groups excluding carboxylic acids is 2. The number of hydrogen-bond acceptors (Lipinski definition) is 5. The first-order chi connectivity index (χ1) is 12.1. The summed E-state index contributed by atoms with van der Waals surface area (Å²) in [7, 11) is 0. The number of aromatic amines is 1. The van der Waals surface area contributed by atoms with E-state index < -0.39 is 5.91 Å². The van der Waals surface area contributed by atoms with Gasteiger partial charge in [-0.3, -0.25) is 14.7 Å². The molecule has 2 aromatic heterocycles. The second kappa shape index (κ2) is 7.33. The highest BCUT2D eigenvalue weighted by atomic mass is 16.5. The SMILES string of the molecule is CCOc1cc(C(=O)N2CCCC(c3cc(C(N)=O)n[nH]3)C2)ccn1. The number of aromatic nitrogens is 3. The van der Waals surface area contributed by atoms with Crippen LogP contribution >= 0.6 is 0 Å². The molecule has 1 unspecified atom stereocenters. The highest BCUT2D eigenvalue weighted by molar-refractivity contribution is 5.94. The first kappa shape index (κ1) is 16.9. The highest BCUT2D eigenvalue weighted by Gasteiger charge is 2.27. The van der Waals surface area contributed by atoms with Crippen molar-refractivity contribution in [3.8, 4) is 5.88 Å². The predicted octanol–water partition coefficient (Wildman–Crippen LogP) is 1.32. The van der Waals surface area contributed by atoms with Gasteiger partial charge in [-0.1, -0.05) is 0 Å². The van der Waals surface area contributed by atoms with E-state index in [4.69, 9.17) is 10.5 Å². The second-order valence-electron chi connectivity index (χ2n) is 5.98. The molecule has 3 rings (SSSR count). The number of nitrogens with zero attached hydrogens (tertiary/aromatic N) is 3. The molecule has 2 amide bonds. The quantitative estimate of drug-likeness (QED) is 0.850. The van der Waals surface area contributed by atoms with Crippen molar-refractivity contribution in [1.82, 2.24) is 20.1 Å². The molecule has 1 atom stereocenters. The van der Waals surface area contributed by atoms with E-state index in [1.54, 1.807) is 24.4 Å². The lowest BCUT2D eigenvalue weighted by Crippen LogP contribution is -2.39. The van der Waals surface area contributed by atoms with E-state index in [9.17, 15) is 9.59 Å². The molecule has 132 valence electrons. The van der Waals surface area contributed by atoms with Crippen molar-refractivity contribution in [2.45, 2.75) is 25.7 Å². The van der Waals surface area contributed by atoms with Crippen LogP contribution in [0.15, 0.2) is 24.4 Å². The lowest BCUT2D eigenvalue weighted by molar-refractivity contribution is 0.0705. The molecule has 0 spiro atoms. The maximum atomic E-state index is 12.8. The van der Waals surface area contributed by atoms with Gasteiger partial charge in [-0.25, -0.2) is 4.98 Å². The Morgan fingerprint density at radius 1 is 1.44 bits per heavy atom. The van der Waals surface area contributed by atoms with Crippen molar-refractivity contribution in [2.24, 2.45) is 5.73 Å². The Bertz CT molecular complexity index is 773. The largest absolute Gasteiger partial charge is 0.478 e. The van der Waals surface area contributed by atoms with E-state index in [0.717, 1.165) is 18.5 Å². The van der Waals surface area contributed by atoms with Gasteiger partial charge in [0.2, 0.25) is 5.88 Å². The molecular weight excluding hydrogens is 322 g/mol. The second-order valence-corrected chi connectivity index (χ2v) is 5.98. The van der Waals surface area contributed by atoms with Crippen LogP contribution in [-0.2, 0) is 0 Å². The average molecular weight is 343 g/mol. The summed E-state index contributed by atoms with van der Waals surface area (Å²) in [5, 5.41) is 6.79. The smallest absolute Gasteiger partial charge is 0.269 e. The Morgan fingerprint density at radius 2 is 2.28 bits per heavy atom. The van der Waals surface area contributed by atoms with Gasteiger partial charge >= 0.3 is 0 Å². The van der Waals surface area contributed by atoms with E-state index in [0.29, 0.717) is 31.1 Å². The monoisotopic (exact) mass is 343 g/mol. The molecule has 1 fully saturated rings. The molecule has 0 bridgehead atoms. The van der Waals surface area contributed by atoms with Crippen LogP contribution in [0.3, 0.4) is 0 Å². The zero-order chi connectivity index (χ0) is 17.8. The summed E-state index contributed by atoms with van der Waals surface area (Å²) in [5.74, 6) is -0.0674. The zero-order valence-corrected chi connectivity index (χ0v) is 14.1. The molecule has 3 heterocycles. The molecule has 8 heteroatoms. The Morgan fingerprint density at radius 3 is 3.00 bits per heavy atom. The van der Waals surface area contributed by atoms with Crippen molar-refractivity contribution in [2.75, 3.05) is 19.7 Å². The normalized spacial score (nSPS) is 17.3. The lowest BCUT2D eigenvalue weighted by atomic mass is 9.94. The van der Waals surface area contributed by atoms with E-state index in [-0.39, 0.29) is 17.5 Å². The van der Waals surface area contributed by atoms with Gasteiger partial charge in [0.05, 0.1) is 6.61 Å². The molecule has 0 aromatic carbocycles. The van der Waals surface area contributed by atoms with Crippen LogP contribution in [0.5, 0.6) is 5.88 Å². The fourth-order valence-corrected chi connectivity index (χ4v) is 3.04. The number of piperidine rings is 1. The third kappa shape index (κ3) is 3.78. The molecule has 8 nitrogen and oxygen atoms in total. The molecule has 1 saturated heterocycles. The van der Waals surface area contributed by atoms with Crippen LogP contribution in [0.2, 0.25) is 0 Å². The van der Waals surface area contributed by atoms with Gasteiger partial charge in [-0.05, 0) is 31.9 Å². The van der Waals surface area contributed by atoms with Gasteiger partial charge in [0.15, 0.2) is 0 Å². The van der Waals surface area contributed by atoms with Crippen LogP contribution in [0.4, 0.5) is 0 Å². The molecule has 25 heavy (non-hydrogen) atoms. The van der Waals surface area contributed by atoms with Crippen molar-refractivity contribution in [1.29, 1.82) is 0 Å². The van der Waals surface area contributed by atoms with Gasteiger partial charge in [-0.15, -0.1) is 0 Å². The summed E-state index contributed by atoms with van der Waals surface area (Å²) in [6.07, 6.45) is 3.38. The Balaban J connectivity index is 1.73. The number of likely N-dealkylation sites (tertiary alicyclic amines) is 1. The average Bonchev–Trinajstić information content (AvgIpc) is 3.12. The number of nitrogens with two attached hydrogens (primary N) is 1. The number of primary amides is 1. The number of pyridine rings is 1. The van der Waals surface area contributed by atoms with Gasteiger partial charge in [0, 0.05) is 42.5 Å². The van der Waals surface area contributed by atoms with E-state index in [2.05, 4.69) is 15.2 Å².